The van der Waals surface area contributed by atoms with Crippen LogP contribution in [0.5, 0.6) is 17.2 Å². The van der Waals surface area contributed by atoms with E-state index in [9.17, 15) is 19.2 Å². The summed E-state index contributed by atoms with van der Waals surface area (Å²) in [7, 11) is 2.63. The van der Waals surface area contributed by atoms with Gasteiger partial charge < -0.3 is 34.3 Å². The SMILES string of the molecule is CCOC(=O)C1=C(C)NC(=O)N[C@@H]1c1ccc(OCC(=O)N/N=C\c2cc(Cl)c(OCC(=O)OC)c(Cl)c2)c(OC)c1. The summed E-state index contributed by atoms with van der Waals surface area (Å²) in [5.74, 6) is -1.16. The van der Waals surface area contributed by atoms with Gasteiger partial charge in [0.25, 0.3) is 5.91 Å². The monoisotopic (exact) mass is 622 g/mol. The number of rotatable bonds is 12. The Hall–Kier alpha value is -4.49. The van der Waals surface area contributed by atoms with Gasteiger partial charge in [0, 0.05) is 5.70 Å². The zero-order valence-electron chi connectivity index (χ0n) is 23.0. The Morgan fingerprint density at radius 1 is 1.05 bits per heavy atom. The average Bonchev–Trinajstić information content (AvgIpc) is 2.95. The molecule has 42 heavy (non-hydrogen) atoms. The van der Waals surface area contributed by atoms with E-state index >= 15 is 0 Å². The lowest BCUT2D eigenvalue weighted by molar-refractivity contribution is -0.143. The Morgan fingerprint density at radius 3 is 2.40 bits per heavy atom. The van der Waals surface area contributed by atoms with Crippen molar-refractivity contribution < 1.29 is 42.9 Å². The van der Waals surface area contributed by atoms with Gasteiger partial charge in [0.05, 0.1) is 48.7 Å². The maximum atomic E-state index is 12.6. The number of halogens is 2. The van der Waals surface area contributed by atoms with Gasteiger partial charge in [0.1, 0.15) is 0 Å². The summed E-state index contributed by atoms with van der Waals surface area (Å²) in [6.45, 7) is 2.68. The molecule has 3 rings (SSSR count). The molecule has 13 nitrogen and oxygen atoms in total. The zero-order chi connectivity index (χ0) is 30.8. The molecule has 0 spiro atoms. The van der Waals surface area contributed by atoms with E-state index in [1.54, 1.807) is 32.0 Å². The van der Waals surface area contributed by atoms with Crippen molar-refractivity contribution >= 4 is 53.3 Å². The standard InChI is InChI=1S/C27H28Cl2N4O9/c1-5-40-26(36)23-14(2)31-27(37)32-24(23)16-6-7-19(20(10-16)38-3)41-12-21(34)33-30-11-15-8-17(28)25(18(29)9-15)42-13-22(35)39-4/h6-11,24H,5,12-13H2,1-4H3,(H,33,34)(H2,31,32,37)/b30-11-/t24-/m1/s1. The summed E-state index contributed by atoms with van der Waals surface area (Å²) >= 11 is 12.3. The molecule has 3 N–H and O–H groups in total. The van der Waals surface area contributed by atoms with Gasteiger partial charge in [0.15, 0.2) is 30.5 Å². The van der Waals surface area contributed by atoms with Crippen molar-refractivity contribution in [1.29, 1.82) is 0 Å². The highest BCUT2D eigenvalue weighted by atomic mass is 35.5. The number of hydrogen-bond donors (Lipinski definition) is 3. The third-order valence-corrected chi connectivity index (χ3v) is 6.19. The van der Waals surface area contributed by atoms with Crippen LogP contribution in [0.15, 0.2) is 46.7 Å². The quantitative estimate of drug-likeness (QED) is 0.183. The van der Waals surface area contributed by atoms with E-state index in [1.807, 2.05) is 0 Å². The minimum absolute atomic E-state index is 0.101. The highest BCUT2D eigenvalue weighted by Gasteiger charge is 2.32. The lowest BCUT2D eigenvalue weighted by atomic mass is 9.95. The summed E-state index contributed by atoms with van der Waals surface area (Å²) in [4.78, 5) is 48.3. The minimum Gasteiger partial charge on any atom is -0.493 e. The van der Waals surface area contributed by atoms with Crippen LogP contribution in [0.25, 0.3) is 0 Å². The van der Waals surface area contributed by atoms with Gasteiger partial charge in [0.2, 0.25) is 0 Å². The van der Waals surface area contributed by atoms with Gasteiger partial charge in [-0.1, -0.05) is 29.3 Å². The molecule has 15 heteroatoms. The molecule has 0 radical (unpaired) electrons. The molecule has 3 amide bonds. The molecule has 1 heterocycles. The molecule has 1 aliphatic rings. The Balaban J connectivity index is 1.64. The fraction of sp³-hybridized carbons (Fsp3) is 0.296. The molecule has 1 atom stereocenters. The van der Waals surface area contributed by atoms with Crippen LogP contribution in [-0.4, -0.2) is 64.1 Å². The first-order chi connectivity index (χ1) is 20.1. The lowest BCUT2D eigenvalue weighted by Crippen LogP contribution is -2.45. The number of ether oxygens (including phenoxy) is 5. The Bertz CT molecular complexity index is 1410. The maximum Gasteiger partial charge on any atom is 0.343 e. The molecule has 2 aromatic rings. The van der Waals surface area contributed by atoms with Crippen LogP contribution in [0.2, 0.25) is 10.0 Å². The van der Waals surface area contributed by atoms with E-state index < -0.39 is 36.5 Å². The molecule has 0 saturated carbocycles. The molecule has 2 aromatic carbocycles. The number of methoxy groups -OCH3 is 2. The number of nitrogens with zero attached hydrogens (tertiary/aromatic N) is 1. The van der Waals surface area contributed by atoms with Gasteiger partial charge in [-0.2, -0.15) is 5.10 Å². The van der Waals surface area contributed by atoms with Crippen LogP contribution >= 0.6 is 23.2 Å². The summed E-state index contributed by atoms with van der Waals surface area (Å²) in [6.07, 6.45) is 1.30. The molecule has 224 valence electrons. The van der Waals surface area contributed by atoms with Crippen molar-refractivity contribution in [3.8, 4) is 17.2 Å². The molecule has 0 bridgehead atoms. The van der Waals surface area contributed by atoms with E-state index in [4.69, 9.17) is 42.1 Å². The van der Waals surface area contributed by atoms with E-state index in [0.29, 0.717) is 16.8 Å². The van der Waals surface area contributed by atoms with Crippen molar-refractivity contribution in [3.63, 3.8) is 0 Å². The zero-order valence-corrected chi connectivity index (χ0v) is 24.6. The van der Waals surface area contributed by atoms with Gasteiger partial charge in [-0.05, 0) is 49.2 Å². The van der Waals surface area contributed by atoms with Crippen molar-refractivity contribution in [3.05, 3.63) is 62.8 Å². The normalized spacial score (nSPS) is 14.5. The van der Waals surface area contributed by atoms with Crippen LogP contribution in [0, 0.1) is 0 Å². The fourth-order valence-corrected chi connectivity index (χ4v) is 4.36. The van der Waals surface area contributed by atoms with Gasteiger partial charge in [-0.15, -0.1) is 0 Å². The van der Waals surface area contributed by atoms with E-state index in [0.717, 1.165) is 0 Å². The van der Waals surface area contributed by atoms with Crippen molar-refractivity contribution in [2.24, 2.45) is 5.10 Å². The molecule has 0 saturated heterocycles. The van der Waals surface area contributed by atoms with Crippen LogP contribution in [0.4, 0.5) is 4.79 Å². The first kappa shape index (κ1) is 32.0. The van der Waals surface area contributed by atoms with Crippen molar-refractivity contribution in [2.45, 2.75) is 19.9 Å². The number of carbonyl (C=O) groups excluding carboxylic acids is 4. The van der Waals surface area contributed by atoms with E-state index in [-0.39, 0.29) is 46.1 Å². The summed E-state index contributed by atoms with van der Waals surface area (Å²) < 4.78 is 25.9. The summed E-state index contributed by atoms with van der Waals surface area (Å²) in [6, 6.07) is 6.44. The summed E-state index contributed by atoms with van der Waals surface area (Å²) in [5.41, 5.74) is 3.91. The molecule has 0 fully saturated rings. The molecular formula is C27H28Cl2N4O9. The number of hydrogen-bond acceptors (Lipinski definition) is 10. The first-order valence-electron chi connectivity index (χ1n) is 12.3. The van der Waals surface area contributed by atoms with Crippen LogP contribution in [-0.2, 0) is 23.9 Å². The highest BCUT2D eigenvalue weighted by molar-refractivity contribution is 6.37. The maximum absolute atomic E-state index is 12.6. The van der Waals surface area contributed by atoms with Crippen LogP contribution < -0.4 is 30.3 Å². The van der Waals surface area contributed by atoms with E-state index in [2.05, 4.69) is 25.9 Å². The van der Waals surface area contributed by atoms with Gasteiger partial charge in [-0.25, -0.2) is 19.8 Å². The van der Waals surface area contributed by atoms with Crippen LogP contribution in [0.1, 0.15) is 31.0 Å². The predicted molar refractivity (Wildman–Crippen MR) is 152 cm³/mol. The minimum atomic E-state index is -0.797. The number of esters is 2. The highest BCUT2D eigenvalue weighted by Crippen LogP contribution is 2.35. The van der Waals surface area contributed by atoms with Gasteiger partial charge in [-0.3, -0.25) is 4.79 Å². The predicted octanol–water partition coefficient (Wildman–Crippen LogP) is 3.27. The fourth-order valence-electron chi connectivity index (χ4n) is 3.74. The van der Waals surface area contributed by atoms with Crippen molar-refractivity contribution in [2.75, 3.05) is 34.0 Å². The molecule has 0 aliphatic carbocycles. The number of carbonyl (C=O) groups is 4. The number of benzene rings is 2. The van der Waals surface area contributed by atoms with Gasteiger partial charge >= 0.3 is 18.0 Å². The third-order valence-electron chi connectivity index (χ3n) is 5.63. The Kier molecular flexibility index (Phi) is 11.4. The number of hydrazone groups is 1. The lowest BCUT2D eigenvalue weighted by Gasteiger charge is -2.28. The second-order valence-electron chi connectivity index (χ2n) is 8.46. The number of allylic oxidation sites excluding steroid dienone is 1. The van der Waals surface area contributed by atoms with Crippen LogP contribution in [0.3, 0.4) is 0 Å². The summed E-state index contributed by atoms with van der Waals surface area (Å²) in [5, 5.41) is 9.39. The largest absolute Gasteiger partial charge is 0.493 e. The third kappa shape index (κ3) is 8.27. The molecule has 1 aliphatic heterocycles. The first-order valence-corrected chi connectivity index (χ1v) is 13.1. The molecule has 0 unspecified atom stereocenters. The topological polar surface area (TPSA) is 163 Å². The molecule has 0 aromatic heterocycles. The number of urea groups is 1. The second kappa shape index (κ2) is 14.9. The number of amides is 3. The Labute approximate surface area is 251 Å². The number of nitrogens with one attached hydrogen (secondary N) is 3. The second-order valence-corrected chi connectivity index (χ2v) is 9.28. The Morgan fingerprint density at radius 2 is 1.76 bits per heavy atom. The average molecular weight is 623 g/mol. The van der Waals surface area contributed by atoms with Crippen molar-refractivity contribution in [1.82, 2.24) is 16.1 Å². The molecular weight excluding hydrogens is 595 g/mol. The van der Waals surface area contributed by atoms with E-state index in [1.165, 1.54) is 32.6 Å². The smallest absolute Gasteiger partial charge is 0.343 e.